The summed E-state index contributed by atoms with van der Waals surface area (Å²) in [5.74, 6) is 2.69. The van der Waals surface area contributed by atoms with Crippen molar-refractivity contribution < 1.29 is 18.7 Å². The molecule has 1 unspecified atom stereocenters. The molecule has 6 heteroatoms. The Bertz CT molecular complexity index is 633. The Balaban J connectivity index is 1.58. The number of fused-ring (bicyclic) bond motifs is 1. The molecule has 0 bridgehead atoms. The second kappa shape index (κ2) is 6.89. The first-order valence-electron chi connectivity index (χ1n) is 8.06. The number of nitrogens with zero attached hydrogens (tertiary/aromatic N) is 2. The highest BCUT2D eigenvalue weighted by Crippen LogP contribution is 2.22. The largest absolute Gasteiger partial charge is 0.484 e. The van der Waals surface area contributed by atoms with Gasteiger partial charge in [-0.1, -0.05) is 13.0 Å². The zero-order valence-corrected chi connectivity index (χ0v) is 13.6. The predicted octanol–water partition coefficient (Wildman–Crippen LogP) is 3.19. The molecule has 6 nitrogen and oxygen atoms in total. The molecule has 23 heavy (non-hydrogen) atoms. The van der Waals surface area contributed by atoms with E-state index in [1.54, 1.807) is 11.8 Å². The summed E-state index contributed by atoms with van der Waals surface area (Å²) in [6.07, 6.45) is 7.56. The summed E-state index contributed by atoms with van der Waals surface area (Å²) in [5, 5.41) is 0. The van der Waals surface area contributed by atoms with Crippen LogP contribution in [0.3, 0.4) is 0 Å². The third-order valence-electron chi connectivity index (χ3n) is 3.94. The van der Waals surface area contributed by atoms with Crippen molar-refractivity contribution >= 4 is 6.09 Å². The maximum atomic E-state index is 11.8. The van der Waals surface area contributed by atoms with Crippen molar-refractivity contribution in [2.75, 3.05) is 13.2 Å². The van der Waals surface area contributed by atoms with Gasteiger partial charge in [0.15, 0.2) is 6.61 Å². The molecule has 0 aromatic carbocycles. The van der Waals surface area contributed by atoms with E-state index in [0.29, 0.717) is 44.5 Å². The molecule has 2 heterocycles. The quantitative estimate of drug-likeness (QED) is 0.853. The molecule has 0 saturated heterocycles. The molecule has 0 radical (unpaired) electrons. The molecular formula is C17H22N2O4. The van der Waals surface area contributed by atoms with E-state index < -0.39 is 0 Å². The van der Waals surface area contributed by atoms with E-state index in [1.165, 1.54) is 0 Å². The Labute approximate surface area is 135 Å². The first-order chi connectivity index (χ1) is 11.2. The van der Waals surface area contributed by atoms with Gasteiger partial charge in [0.05, 0.1) is 18.8 Å². The third-order valence-corrected chi connectivity index (χ3v) is 3.94. The molecule has 3 rings (SSSR count). The Morgan fingerprint density at radius 2 is 2.39 bits per heavy atom. The maximum Gasteiger partial charge on any atom is 0.410 e. The van der Waals surface area contributed by atoms with Gasteiger partial charge < -0.3 is 18.8 Å². The summed E-state index contributed by atoms with van der Waals surface area (Å²) in [7, 11) is 0. The van der Waals surface area contributed by atoms with Crippen LogP contribution in [0.25, 0.3) is 0 Å². The van der Waals surface area contributed by atoms with Crippen LogP contribution >= 0.6 is 0 Å². The number of oxazole rings is 1. The van der Waals surface area contributed by atoms with Gasteiger partial charge in [-0.3, -0.25) is 0 Å². The van der Waals surface area contributed by atoms with Gasteiger partial charge in [-0.25, -0.2) is 9.78 Å². The van der Waals surface area contributed by atoms with E-state index in [9.17, 15) is 4.79 Å². The molecule has 1 aromatic rings. The van der Waals surface area contributed by atoms with Gasteiger partial charge in [0.25, 0.3) is 0 Å². The summed E-state index contributed by atoms with van der Waals surface area (Å²) in [6.45, 7) is 5.65. The SMILES string of the molecule is CCOC(=O)N1CCc2nc(COC3=CCC(C)C=C3)oc2C1. The minimum atomic E-state index is -0.307. The fourth-order valence-electron chi connectivity index (χ4n) is 2.64. The van der Waals surface area contributed by atoms with Crippen molar-refractivity contribution in [3.63, 3.8) is 0 Å². The van der Waals surface area contributed by atoms with Crippen molar-refractivity contribution in [2.45, 2.75) is 39.8 Å². The lowest BCUT2D eigenvalue weighted by molar-refractivity contribution is 0.0982. The molecule has 0 fully saturated rings. The highest BCUT2D eigenvalue weighted by molar-refractivity contribution is 5.67. The molecule has 1 aromatic heterocycles. The van der Waals surface area contributed by atoms with Gasteiger partial charge in [-0.2, -0.15) is 0 Å². The summed E-state index contributed by atoms with van der Waals surface area (Å²) in [6, 6.07) is 0. The number of rotatable bonds is 4. The third kappa shape index (κ3) is 3.75. The second-order valence-corrected chi connectivity index (χ2v) is 5.82. The number of hydrogen-bond acceptors (Lipinski definition) is 5. The van der Waals surface area contributed by atoms with Crippen molar-refractivity contribution in [1.29, 1.82) is 0 Å². The minimum Gasteiger partial charge on any atom is -0.484 e. The molecule has 1 aliphatic heterocycles. The van der Waals surface area contributed by atoms with Gasteiger partial charge in [0, 0.05) is 13.0 Å². The average Bonchev–Trinajstić information content (AvgIpc) is 2.96. The Kier molecular flexibility index (Phi) is 4.69. The maximum absolute atomic E-state index is 11.8. The topological polar surface area (TPSA) is 64.8 Å². The van der Waals surface area contributed by atoms with E-state index in [0.717, 1.165) is 23.6 Å². The normalized spacial score (nSPS) is 20.0. The fraction of sp³-hybridized carbons (Fsp3) is 0.529. The van der Waals surface area contributed by atoms with Gasteiger partial charge in [0.1, 0.15) is 11.5 Å². The molecule has 1 atom stereocenters. The zero-order chi connectivity index (χ0) is 16.2. The summed E-state index contributed by atoms with van der Waals surface area (Å²) < 4.78 is 16.5. The summed E-state index contributed by atoms with van der Waals surface area (Å²) in [4.78, 5) is 17.9. The van der Waals surface area contributed by atoms with E-state index in [2.05, 4.69) is 24.1 Å². The van der Waals surface area contributed by atoms with Crippen molar-refractivity contribution in [3.8, 4) is 0 Å². The Hall–Kier alpha value is -2.24. The Morgan fingerprint density at radius 3 is 3.13 bits per heavy atom. The second-order valence-electron chi connectivity index (χ2n) is 5.82. The van der Waals surface area contributed by atoms with Crippen LogP contribution in [0, 0.1) is 5.92 Å². The highest BCUT2D eigenvalue weighted by atomic mass is 16.6. The highest BCUT2D eigenvalue weighted by Gasteiger charge is 2.26. The average molecular weight is 318 g/mol. The van der Waals surface area contributed by atoms with Gasteiger partial charge >= 0.3 is 6.09 Å². The number of carbonyl (C=O) groups excluding carboxylic acids is 1. The zero-order valence-electron chi connectivity index (χ0n) is 13.6. The smallest absolute Gasteiger partial charge is 0.410 e. The van der Waals surface area contributed by atoms with Crippen molar-refractivity contribution in [2.24, 2.45) is 5.92 Å². The van der Waals surface area contributed by atoms with Crippen LogP contribution in [0.2, 0.25) is 0 Å². The predicted molar refractivity (Wildman–Crippen MR) is 83.4 cm³/mol. The summed E-state index contributed by atoms with van der Waals surface area (Å²) in [5.41, 5.74) is 0.908. The standard InChI is InChI=1S/C17H22N2O4/c1-3-21-17(20)19-9-8-14-15(10-19)23-16(18-14)11-22-13-6-4-12(2)5-7-13/h4,6-7,12H,3,5,8-11H2,1-2H3. The van der Waals surface area contributed by atoms with Crippen LogP contribution in [0.4, 0.5) is 4.79 Å². The van der Waals surface area contributed by atoms with Crippen LogP contribution in [0.15, 0.2) is 28.4 Å². The lowest BCUT2D eigenvalue weighted by Gasteiger charge is -2.24. The van der Waals surface area contributed by atoms with Gasteiger partial charge in [0.2, 0.25) is 5.89 Å². The van der Waals surface area contributed by atoms with Gasteiger partial charge in [-0.05, 0) is 31.4 Å². The monoisotopic (exact) mass is 318 g/mol. The van der Waals surface area contributed by atoms with Gasteiger partial charge in [-0.15, -0.1) is 0 Å². The molecule has 0 N–H and O–H groups in total. The van der Waals surface area contributed by atoms with Crippen LogP contribution in [0.5, 0.6) is 0 Å². The molecular weight excluding hydrogens is 296 g/mol. The number of carbonyl (C=O) groups is 1. The van der Waals surface area contributed by atoms with Crippen LogP contribution in [0.1, 0.15) is 37.6 Å². The van der Waals surface area contributed by atoms with E-state index in [-0.39, 0.29) is 6.09 Å². The summed E-state index contributed by atoms with van der Waals surface area (Å²) >= 11 is 0. The number of hydrogen-bond donors (Lipinski definition) is 0. The fourth-order valence-corrected chi connectivity index (χ4v) is 2.64. The number of allylic oxidation sites excluding steroid dienone is 3. The van der Waals surface area contributed by atoms with Crippen LogP contribution < -0.4 is 0 Å². The Morgan fingerprint density at radius 1 is 1.52 bits per heavy atom. The lowest BCUT2D eigenvalue weighted by Crippen LogP contribution is -2.36. The minimum absolute atomic E-state index is 0.303. The molecule has 2 aliphatic rings. The first kappa shape index (κ1) is 15.6. The first-order valence-corrected chi connectivity index (χ1v) is 8.06. The van der Waals surface area contributed by atoms with E-state index in [1.807, 2.05) is 6.08 Å². The van der Waals surface area contributed by atoms with Crippen LogP contribution in [-0.2, 0) is 29.0 Å². The van der Waals surface area contributed by atoms with E-state index in [4.69, 9.17) is 13.9 Å². The molecule has 1 amide bonds. The molecule has 0 spiro atoms. The van der Waals surface area contributed by atoms with Crippen molar-refractivity contribution in [1.82, 2.24) is 9.88 Å². The van der Waals surface area contributed by atoms with Crippen molar-refractivity contribution in [3.05, 3.63) is 41.3 Å². The number of aromatic nitrogens is 1. The lowest BCUT2D eigenvalue weighted by atomic mass is 10.0. The molecule has 124 valence electrons. The van der Waals surface area contributed by atoms with E-state index >= 15 is 0 Å². The number of amides is 1. The number of ether oxygens (including phenoxy) is 2. The molecule has 1 aliphatic carbocycles. The van der Waals surface area contributed by atoms with Crippen LogP contribution in [-0.4, -0.2) is 29.1 Å². The molecule has 0 saturated carbocycles.